The number of aromatic amines is 1. The van der Waals surface area contributed by atoms with Gasteiger partial charge in [0.05, 0.1) is 18.0 Å². The average Bonchev–Trinajstić information content (AvgIpc) is 3.29. The number of carbonyl (C=O) groups excluding carboxylic acids is 2. The Hall–Kier alpha value is -3.15. The van der Waals surface area contributed by atoms with Gasteiger partial charge in [0.25, 0.3) is 0 Å². The van der Waals surface area contributed by atoms with E-state index >= 15 is 0 Å². The molecule has 0 bridgehead atoms. The fourth-order valence-electron chi connectivity index (χ4n) is 5.70. The number of hydrogen-bond acceptors (Lipinski definition) is 2. The number of piperidine rings is 1. The van der Waals surface area contributed by atoms with Crippen molar-refractivity contribution in [3.05, 3.63) is 70.7 Å². The number of carbonyl (C=O) groups is 2. The van der Waals surface area contributed by atoms with E-state index in [0.717, 1.165) is 46.1 Å². The summed E-state index contributed by atoms with van der Waals surface area (Å²) in [4.78, 5) is 31.3. The first kappa shape index (κ1) is 20.7. The molecule has 3 heterocycles. The van der Waals surface area contributed by atoms with Gasteiger partial charge in [0.1, 0.15) is 5.82 Å². The van der Waals surface area contributed by atoms with Crippen LogP contribution in [-0.4, -0.2) is 33.8 Å². The lowest BCUT2D eigenvalue weighted by Gasteiger charge is -2.48. The summed E-state index contributed by atoms with van der Waals surface area (Å²) in [5.74, 6) is -0.254. The van der Waals surface area contributed by atoms with Crippen molar-refractivity contribution in [2.45, 2.75) is 57.5 Å². The van der Waals surface area contributed by atoms with Gasteiger partial charge in [-0.2, -0.15) is 0 Å². The van der Waals surface area contributed by atoms with E-state index in [1.165, 1.54) is 12.1 Å². The van der Waals surface area contributed by atoms with E-state index < -0.39 is 5.54 Å². The van der Waals surface area contributed by atoms with Gasteiger partial charge in [0, 0.05) is 29.6 Å². The number of para-hydroxylation sites is 1. The highest BCUT2D eigenvalue weighted by atomic mass is 19.1. The number of fused-ring (bicyclic) bond motifs is 1. The van der Waals surface area contributed by atoms with Crippen molar-refractivity contribution in [3.8, 4) is 0 Å². The van der Waals surface area contributed by atoms with Gasteiger partial charge in [-0.3, -0.25) is 9.59 Å². The number of likely N-dealkylation sites (tertiary alicyclic amines) is 1. The average molecular weight is 434 g/mol. The molecular weight excluding hydrogens is 405 g/mol. The third-order valence-corrected chi connectivity index (χ3v) is 7.24. The Bertz CT molecular complexity index is 1200. The van der Waals surface area contributed by atoms with Gasteiger partial charge in [0.2, 0.25) is 11.8 Å². The zero-order valence-corrected chi connectivity index (χ0v) is 18.5. The molecule has 2 N–H and O–H groups in total. The minimum absolute atomic E-state index is 0.0226. The molecule has 0 unspecified atom stereocenters. The standard InChI is InChI=1S/C26H28FN3O2/c1-16-5-3-6-20-21(17(2)28-24(16)20)15-23(32)30-14-4-12-26(13-11-22(31)29-26)25(30)18-7-9-19(27)10-8-18/h3,5-10,25,28H,4,11-15H2,1-2H3,(H,29,31)/t25-,26+/m1/s1. The lowest BCUT2D eigenvalue weighted by Crippen LogP contribution is -2.58. The normalized spacial score (nSPS) is 23.2. The molecule has 2 aliphatic rings. The monoisotopic (exact) mass is 433 g/mol. The van der Waals surface area contributed by atoms with Crippen LogP contribution in [0.5, 0.6) is 0 Å². The predicted octanol–water partition coefficient (Wildman–Crippen LogP) is 4.48. The second-order valence-electron chi connectivity index (χ2n) is 9.25. The maximum absolute atomic E-state index is 13.7. The first-order chi connectivity index (χ1) is 15.4. The molecule has 2 amide bonds. The van der Waals surface area contributed by atoms with Crippen LogP contribution in [0.1, 0.15) is 54.1 Å². The number of hydrogen-bond donors (Lipinski definition) is 2. The van der Waals surface area contributed by atoms with Crippen LogP contribution in [0.2, 0.25) is 0 Å². The maximum Gasteiger partial charge on any atom is 0.227 e. The number of nitrogens with zero attached hydrogens (tertiary/aromatic N) is 1. The molecule has 1 spiro atoms. The molecule has 166 valence electrons. The molecule has 2 aliphatic heterocycles. The number of H-pyrrole nitrogens is 1. The van der Waals surface area contributed by atoms with Gasteiger partial charge >= 0.3 is 0 Å². The predicted molar refractivity (Wildman–Crippen MR) is 122 cm³/mol. The number of amides is 2. The van der Waals surface area contributed by atoms with Crippen LogP contribution in [0.4, 0.5) is 4.39 Å². The molecule has 0 aliphatic carbocycles. The Labute approximate surface area is 187 Å². The molecule has 1 aromatic heterocycles. The van der Waals surface area contributed by atoms with Crippen molar-refractivity contribution in [1.29, 1.82) is 0 Å². The van der Waals surface area contributed by atoms with Crippen molar-refractivity contribution in [1.82, 2.24) is 15.2 Å². The zero-order chi connectivity index (χ0) is 22.5. The lowest BCUT2D eigenvalue weighted by atomic mass is 9.76. The minimum atomic E-state index is -0.491. The Morgan fingerprint density at radius 3 is 2.66 bits per heavy atom. The molecule has 2 atom stereocenters. The second-order valence-corrected chi connectivity index (χ2v) is 9.25. The summed E-state index contributed by atoms with van der Waals surface area (Å²) in [7, 11) is 0. The summed E-state index contributed by atoms with van der Waals surface area (Å²) in [6.07, 6.45) is 3.08. The van der Waals surface area contributed by atoms with Gasteiger partial charge in [-0.25, -0.2) is 4.39 Å². The number of benzene rings is 2. The smallest absolute Gasteiger partial charge is 0.227 e. The number of aryl methyl sites for hydroxylation is 2. The summed E-state index contributed by atoms with van der Waals surface area (Å²) < 4.78 is 13.7. The summed E-state index contributed by atoms with van der Waals surface area (Å²) in [6.45, 7) is 4.69. The van der Waals surface area contributed by atoms with Crippen LogP contribution < -0.4 is 5.32 Å². The highest BCUT2D eigenvalue weighted by Crippen LogP contribution is 2.45. The third-order valence-electron chi connectivity index (χ3n) is 7.24. The molecule has 6 heteroatoms. The third kappa shape index (κ3) is 3.38. The van der Waals surface area contributed by atoms with Gasteiger partial charge in [-0.15, -0.1) is 0 Å². The van der Waals surface area contributed by atoms with Crippen molar-refractivity contribution >= 4 is 22.7 Å². The van der Waals surface area contributed by atoms with Crippen molar-refractivity contribution in [2.75, 3.05) is 6.54 Å². The Balaban J connectivity index is 1.53. The molecule has 3 aromatic rings. The zero-order valence-electron chi connectivity index (χ0n) is 18.5. The minimum Gasteiger partial charge on any atom is -0.358 e. The molecule has 5 nitrogen and oxygen atoms in total. The van der Waals surface area contributed by atoms with E-state index in [9.17, 15) is 14.0 Å². The maximum atomic E-state index is 13.7. The summed E-state index contributed by atoms with van der Waals surface area (Å²) >= 11 is 0. The van der Waals surface area contributed by atoms with E-state index in [2.05, 4.69) is 29.4 Å². The van der Waals surface area contributed by atoms with E-state index in [1.54, 1.807) is 12.1 Å². The van der Waals surface area contributed by atoms with Crippen LogP contribution in [0.3, 0.4) is 0 Å². The number of rotatable bonds is 3. The van der Waals surface area contributed by atoms with Crippen LogP contribution >= 0.6 is 0 Å². The topological polar surface area (TPSA) is 65.2 Å². The molecule has 32 heavy (non-hydrogen) atoms. The molecular formula is C26H28FN3O2. The van der Waals surface area contributed by atoms with Gasteiger partial charge in [-0.1, -0.05) is 30.3 Å². The fourth-order valence-corrected chi connectivity index (χ4v) is 5.70. The molecule has 5 rings (SSSR count). The first-order valence-corrected chi connectivity index (χ1v) is 11.3. The number of aromatic nitrogens is 1. The fraction of sp³-hybridized carbons (Fsp3) is 0.385. The van der Waals surface area contributed by atoms with Crippen molar-refractivity contribution < 1.29 is 14.0 Å². The van der Waals surface area contributed by atoms with Gasteiger partial charge < -0.3 is 15.2 Å². The van der Waals surface area contributed by atoms with Crippen molar-refractivity contribution in [2.24, 2.45) is 0 Å². The quantitative estimate of drug-likeness (QED) is 0.640. The Kier molecular flexibility index (Phi) is 5.03. The van der Waals surface area contributed by atoms with Gasteiger partial charge in [0.15, 0.2) is 0 Å². The van der Waals surface area contributed by atoms with Crippen LogP contribution in [0, 0.1) is 19.7 Å². The Morgan fingerprint density at radius 1 is 1.16 bits per heavy atom. The van der Waals surface area contributed by atoms with E-state index in [0.29, 0.717) is 19.4 Å². The van der Waals surface area contributed by atoms with Crippen LogP contribution in [0.15, 0.2) is 42.5 Å². The number of nitrogens with one attached hydrogen (secondary N) is 2. The molecule has 2 saturated heterocycles. The summed E-state index contributed by atoms with van der Waals surface area (Å²) in [6, 6.07) is 12.2. The molecule has 2 aromatic carbocycles. The molecule has 2 fully saturated rings. The highest BCUT2D eigenvalue weighted by Gasteiger charge is 2.50. The summed E-state index contributed by atoms with van der Waals surface area (Å²) in [5.41, 5.74) is 4.62. The Morgan fingerprint density at radius 2 is 1.94 bits per heavy atom. The van der Waals surface area contributed by atoms with Crippen LogP contribution in [0.25, 0.3) is 10.9 Å². The van der Waals surface area contributed by atoms with Crippen LogP contribution in [-0.2, 0) is 16.0 Å². The van der Waals surface area contributed by atoms with E-state index in [4.69, 9.17) is 0 Å². The van der Waals surface area contributed by atoms with E-state index in [1.807, 2.05) is 17.9 Å². The highest BCUT2D eigenvalue weighted by molar-refractivity contribution is 5.92. The second kappa shape index (κ2) is 7.76. The summed E-state index contributed by atoms with van der Waals surface area (Å²) in [5, 5.41) is 4.27. The molecule has 0 saturated carbocycles. The number of halogens is 1. The largest absolute Gasteiger partial charge is 0.358 e. The van der Waals surface area contributed by atoms with Gasteiger partial charge in [-0.05, 0) is 61.9 Å². The first-order valence-electron chi connectivity index (χ1n) is 11.3. The SMILES string of the molecule is Cc1[nH]c2c(C)cccc2c1CC(=O)N1CCC[C@]2(CCC(=O)N2)[C@H]1c1ccc(F)cc1. The van der Waals surface area contributed by atoms with E-state index in [-0.39, 0.29) is 30.1 Å². The lowest BCUT2D eigenvalue weighted by molar-refractivity contribution is -0.138. The van der Waals surface area contributed by atoms with Crippen molar-refractivity contribution in [3.63, 3.8) is 0 Å². The molecule has 0 radical (unpaired) electrons.